The summed E-state index contributed by atoms with van der Waals surface area (Å²) in [5.74, 6) is -1.27. The maximum absolute atomic E-state index is 12.8. The molecule has 24 heavy (non-hydrogen) atoms. The molecule has 5 nitrogen and oxygen atoms in total. The monoisotopic (exact) mass is 354 g/mol. The van der Waals surface area contributed by atoms with Gasteiger partial charge in [0.05, 0.1) is 5.25 Å². The van der Waals surface area contributed by atoms with Gasteiger partial charge in [0, 0.05) is 29.7 Å². The number of aromatic nitrogens is 4. The number of para-hydroxylation sites is 1. The van der Waals surface area contributed by atoms with Crippen LogP contribution in [0, 0.1) is 0 Å². The van der Waals surface area contributed by atoms with Gasteiger partial charge >= 0.3 is 6.18 Å². The van der Waals surface area contributed by atoms with Crippen molar-refractivity contribution in [3.8, 4) is 0 Å². The van der Waals surface area contributed by atoms with E-state index in [1.807, 2.05) is 24.3 Å². The van der Waals surface area contributed by atoms with Crippen molar-refractivity contribution in [3.63, 3.8) is 0 Å². The summed E-state index contributed by atoms with van der Waals surface area (Å²) in [4.78, 5) is 15.6. The number of hydrogen-bond acceptors (Lipinski definition) is 4. The van der Waals surface area contributed by atoms with Crippen LogP contribution in [0.1, 0.15) is 23.1 Å². The smallest absolute Gasteiger partial charge is 0.360 e. The summed E-state index contributed by atoms with van der Waals surface area (Å²) in [6, 6.07) is 7.34. The number of fused-ring (bicyclic) bond motifs is 1. The molecule has 126 valence electrons. The molecule has 3 aromatic rings. The molecule has 2 aromatic heterocycles. The second-order valence-electron chi connectivity index (χ2n) is 5.24. The first-order chi connectivity index (χ1) is 11.3. The molecule has 1 aromatic carbocycles. The molecule has 0 saturated carbocycles. The summed E-state index contributed by atoms with van der Waals surface area (Å²) in [5.41, 5.74) is 1.33. The van der Waals surface area contributed by atoms with Crippen LogP contribution in [0.2, 0.25) is 0 Å². The van der Waals surface area contributed by atoms with Crippen molar-refractivity contribution in [2.24, 2.45) is 7.05 Å². The molecule has 1 atom stereocenters. The van der Waals surface area contributed by atoms with E-state index in [0.717, 1.165) is 27.2 Å². The Bertz CT molecular complexity index is 900. The maximum atomic E-state index is 12.8. The Morgan fingerprint density at radius 2 is 2.00 bits per heavy atom. The van der Waals surface area contributed by atoms with Crippen molar-refractivity contribution in [1.82, 2.24) is 19.7 Å². The molecular weight excluding hydrogens is 341 g/mol. The van der Waals surface area contributed by atoms with Crippen LogP contribution in [0.15, 0.2) is 35.6 Å². The SMILES string of the molecule is C[C@H](Sc1nnc(C(F)(F)F)n1C)C(=O)c1c[nH]c2ccccc12. The number of alkyl halides is 3. The second kappa shape index (κ2) is 5.97. The Kier molecular flexibility index (Phi) is 4.12. The van der Waals surface area contributed by atoms with E-state index in [9.17, 15) is 18.0 Å². The number of thioether (sulfide) groups is 1. The van der Waals surface area contributed by atoms with Gasteiger partial charge in [0.15, 0.2) is 10.9 Å². The zero-order chi connectivity index (χ0) is 17.5. The largest absolute Gasteiger partial charge is 0.451 e. The lowest BCUT2D eigenvalue weighted by molar-refractivity contribution is -0.147. The first-order valence-corrected chi connectivity index (χ1v) is 7.90. The quantitative estimate of drug-likeness (QED) is 0.573. The van der Waals surface area contributed by atoms with Gasteiger partial charge in [0.2, 0.25) is 5.82 Å². The van der Waals surface area contributed by atoms with E-state index in [1.165, 1.54) is 7.05 Å². The van der Waals surface area contributed by atoms with Crippen LogP contribution in [-0.4, -0.2) is 30.8 Å². The van der Waals surface area contributed by atoms with Crippen molar-refractivity contribution in [3.05, 3.63) is 41.9 Å². The van der Waals surface area contributed by atoms with Gasteiger partial charge in [-0.15, -0.1) is 10.2 Å². The summed E-state index contributed by atoms with van der Waals surface area (Å²) in [7, 11) is 1.23. The van der Waals surface area contributed by atoms with E-state index < -0.39 is 17.3 Å². The highest BCUT2D eigenvalue weighted by Crippen LogP contribution is 2.32. The average molecular weight is 354 g/mol. The van der Waals surface area contributed by atoms with Gasteiger partial charge in [0.25, 0.3) is 0 Å². The van der Waals surface area contributed by atoms with E-state index in [1.54, 1.807) is 13.1 Å². The number of halogens is 3. The van der Waals surface area contributed by atoms with Crippen molar-refractivity contribution in [2.75, 3.05) is 0 Å². The molecule has 3 rings (SSSR count). The lowest BCUT2D eigenvalue weighted by Gasteiger charge is -2.10. The van der Waals surface area contributed by atoms with Crippen LogP contribution < -0.4 is 0 Å². The molecule has 0 spiro atoms. The number of H-pyrrole nitrogens is 1. The van der Waals surface area contributed by atoms with Crippen molar-refractivity contribution in [1.29, 1.82) is 0 Å². The van der Waals surface area contributed by atoms with Crippen LogP contribution in [0.4, 0.5) is 13.2 Å². The molecule has 0 aliphatic carbocycles. The molecule has 9 heteroatoms. The van der Waals surface area contributed by atoms with Gasteiger partial charge in [-0.3, -0.25) is 4.79 Å². The Balaban J connectivity index is 1.84. The summed E-state index contributed by atoms with van der Waals surface area (Å²) in [6.45, 7) is 1.64. The number of hydrogen-bond donors (Lipinski definition) is 1. The van der Waals surface area contributed by atoms with E-state index in [2.05, 4.69) is 15.2 Å². The number of nitrogens with one attached hydrogen (secondary N) is 1. The number of rotatable bonds is 4. The van der Waals surface area contributed by atoms with Gasteiger partial charge in [-0.25, -0.2) is 0 Å². The molecule has 1 N–H and O–H groups in total. The fraction of sp³-hybridized carbons (Fsp3) is 0.267. The van der Waals surface area contributed by atoms with Crippen LogP contribution in [0.3, 0.4) is 0 Å². The highest BCUT2D eigenvalue weighted by molar-refractivity contribution is 8.00. The highest BCUT2D eigenvalue weighted by atomic mass is 32.2. The minimum Gasteiger partial charge on any atom is -0.360 e. The lowest BCUT2D eigenvalue weighted by Crippen LogP contribution is -2.16. The van der Waals surface area contributed by atoms with Gasteiger partial charge in [-0.1, -0.05) is 30.0 Å². The minimum absolute atomic E-state index is 0.0445. The average Bonchev–Trinajstić information content (AvgIpc) is 3.10. The number of aromatic amines is 1. The van der Waals surface area contributed by atoms with Gasteiger partial charge < -0.3 is 9.55 Å². The van der Waals surface area contributed by atoms with Crippen LogP contribution in [-0.2, 0) is 13.2 Å². The molecule has 0 aliphatic rings. The maximum Gasteiger partial charge on any atom is 0.451 e. The van der Waals surface area contributed by atoms with E-state index in [4.69, 9.17) is 0 Å². The first-order valence-electron chi connectivity index (χ1n) is 7.02. The number of Topliss-reactive ketones (excluding diaryl/α,β-unsaturated/α-hetero) is 1. The molecule has 2 heterocycles. The topological polar surface area (TPSA) is 63.6 Å². The lowest BCUT2D eigenvalue weighted by atomic mass is 10.1. The van der Waals surface area contributed by atoms with Crippen molar-refractivity contribution >= 4 is 28.4 Å². The number of benzene rings is 1. The predicted molar refractivity (Wildman–Crippen MR) is 84.0 cm³/mol. The summed E-state index contributed by atoms with van der Waals surface area (Å²) in [5, 5.41) is 6.93. The zero-order valence-corrected chi connectivity index (χ0v) is 13.6. The van der Waals surface area contributed by atoms with Crippen molar-refractivity contribution in [2.45, 2.75) is 23.5 Å². The highest BCUT2D eigenvalue weighted by Gasteiger charge is 2.38. The molecule has 0 radical (unpaired) electrons. The molecule has 0 amide bonds. The standard InChI is InChI=1S/C15H13F3N4OS/c1-8(24-14-21-20-13(22(14)2)15(16,17)18)12(23)10-7-19-11-6-4-3-5-9(10)11/h3-8,19H,1-2H3/t8-/m0/s1. The Labute approximate surface area is 139 Å². The van der Waals surface area contributed by atoms with Gasteiger partial charge in [-0.05, 0) is 13.0 Å². The second-order valence-corrected chi connectivity index (χ2v) is 6.54. The molecule has 0 unspecified atom stereocenters. The predicted octanol–water partition coefficient (Wildman–Crippen LogP) is 3.68. The van der Waals surface area contributed by atoms with Crippen molar-refractivity contribution < 1.29 is 18.0 Å². The third-order valence-electron chi connectivity index (χ3n) is 3.59. The third-order valence-corrected chi connectivity index (χ3v) is 4.73. The number of carbonyl (C=O) groups is 1. The molecular formula is C15H13F3N4OS. The number of carbonyl (C=O) groups excluding carboxylic acids is 1. The summed E-state index contributed by atoms with van der Waals surface area (Å²) >= 11 is 0.948. The first kappa shape index (κ1) is 16.6. The summed E-state index contributed by atoms with van der Waals surface area (Å²) in [6.07, 6.45) is -2.97. The fourth-order valence-corrected chi connectivity index (χ4v) is 3.25. The normalized spacial score (nSPS) is 13.4. The Hall–Kier alpha value is -2.29. The minimum atomic E-state index is -4.58. The Morgan fingerprint density at radius 3 is 2.67 bits per heavy atom. The zero-order valence-electron chi connectivity index (χ0n) is 12.8. The number of ketones is 1. The molecule has 0 bridgehead atoms. The van der Waals surface area contributed by atoms with Gasteiger partial charge in [-0.2, -0.15) is 13.2 Å². The number of nitrogens with zero attached hydrogens (tertiary/aromatic N) is 3. The van der Waals surface area contributed by atoms with Crippen LogP contribution in [0.5, 0.6) is 0 Å². The van der Waals surface area contributed by atoms with E-state index >= 15 is 0 Å². The fourth-order valence-electron chi connectivity index (χ4n) is 2.37. The third kappa shape index (κ3) is 2.91. The molecule has 0 fully saturated rings. The van der Waals surface area contributed by atoms with E-state index in [-0.39, 0.29) is 10.9 Å². The van der Waals surface area contributed by atoms with Crippen LogP contribution >= 0.6 is 11.8 Å². The summed E-state index contributed by atoms with van der Waals surface area (Å²) < 4.78 is 39.1. The molecule has 0 aliphatic heterocycles. The molecule has 0 saturated heterocycles. The van der Waals surface area contributed by atoms with Gasteiger partial charge in [0.1, 0.15) is 0 Å². The van der Waals surface area contributed by atoms with E-state index in [0.29, 0.717) is 5.56 Å². The van der Waals surface area contributed by atoms with Crippen LogP contribution in [0.25, 0.3) is 10.9 Å². The Morgan fingerprint density at radius 1 is 1.29 bits per heavy atom.